The second kappa shape index (κ2) is 5.54. The summed E-state index contributed by atoms with van der Waals surface area (Å²) in [5.41, 5.74) is 5.69. The van der Waals surface area contributed by atoms with Crippen LogP contribution < -0.4 is 0 Å². The lowest BCUT2D eigenvalue weighted by atomic mass is 10.0. The van der Waals surface area contributed by atoms with Crippen molar-refractivity contribution in [3.63, 3.8) is 0 Å². The lowest BCUT2D eigenvalue weighted by molar-refractivity contribution is 1.33. The van der Waals surface area contributed by atoms with Crippen molar-refractivity contribution in [2.45, 2.75) is 0 Å². The Kier molecular flexibility index (Phi) is 3.42. The van der Waals surface area contributed by atoms with E-state index in [1.165, 1.54) is 11.1 Å². The summed E-state index contributed by atoms with van der Waals surface area (Å²) >= 11 is 0. The topological polar surface area (TPSA) is 12.9 Å². The lowest BCUT2D eigenvalue weighted by Gasteiger charge is -2.05. The highest BCUT2D eigenvalue weighted by atomic mass is 14.7. The average molecular weight is 257 g/mol. The van der Waals surface area contributed by atoms with Gasteiger partial charge >= 0.3 is 0 Å². The SMILES string of the molecule is C=Cc1ccc(-c2ccc(-c3ccccn3)cc2)cc1. The van der Waals surface area contributed by atoms with Crippen LogP contribution in [0.2, 0.25) is 0 Å². The molecule has 0 aliphatic heterocycles. The molecule has 0 aliphatic rings. The molecule has 20 heavy (non-hydrogen) atoms. The average Bonchev–Trinajstić information content (AvgIpc) is 2.56. The smallest absolute Gasteiger partial charge is 0.0701 e. The van der Waals surface area contributed by atoms with Gasteiger partial charge in [0.25, 0.3) is 0 Å². The fourth-order valence-electron chi connectivity index (χ4n) is 2.18. The standard InChI is InChI=1S/C19H15N/c1-2-15-6-8-16(9-7-15)17-10-12-18(13-11-17)19-5-3-4-14-20-19/h2-14H,1H2. The molecule has 0 aliphatic carbocycles. The Balaban J connectivity index is 1.91. The van der Waals surface area contributed by atoms with Crippen LogP contribution in [0.25, 0.3) is 28.5 Å². The minimum absolute atomic E-state index is 1.00. The van der Waals surface area contributed by atoms with Crippen LogP contribution in [0, 0.1) is 0 Å². The molecule has 0 bridgehead atoms. The minimum Gasteiger partial charge on any atom is -0.256 e. The van der Waals surface area contributed by atoms with E-state index >= 15 is 0 Å². The van der Waals surface area contributed by atoms with E-state index in [0.29, 0.717) is 0 Å². The fraction of sp³-hybridized carbons (Fsp3) is 0. The summed E-state index contributed by atoms with van der Waals surface area (Å²) in [4.78, 5) is 4.36. The van der Waals surface area contributed by atoms with Crippen LogP contribution >= 0.6 is 0 Å². The van der Waals surface area contributed by atoms with Gasteiger partial charge in [0.1, 0.15) is 0 Å². The van der Waals surface area contributed by atoms with Crippen LogP contribution in [0.15, 0.2) is 79.5 Å². The van der Waals surface area contributed by atoms with Crippen molar-refractivity contribution >= 4 is 6.08 Å². The van der Waals surface area contributed by atoms with Gasteiger partial charge < -0.3 is 0 Å². The maximum absolute atomic E-state index is 4.36. The van der Waals surface area contributed by atoms with Gasteiger partial charge in [0.15, 0.2) is 0 Å². The summed E-state index contributed by atoms with van der Waals surface area (Å²) in [6.45, 7) is 3.77. The van der Waals surface area contributed by atoms with E-state index in [1.807, 2.05) is 30.5 Å². The van der Waals surface area contributed by atoms with Crippen molar-refractivity contribution < 1.29 is 0 Å². The first-order valence-corrected chi connectivity index (χ1v) is 6.61. The number of nitrogens with zero attached hydrogens (tertiary/aromatic N) is 1. The molecule has 3 aromatic rings. The van der Waals surface area contributed by atoms with Gasteiger partial charge in [0.05, 0.1) is 5.69 Å². The first kappa shape index (κ1) is 12.4. The van der Waals surface area contributed by atoms with Crippen LogP contribution in [0.4, 0.5) is 0 Å². The molecule has 1 aromatic heterocycles. The third-order valence-electron chi connectivity index (χ3n) is 3.33. The number of benzene rings is 2. The van der Waals surface area contributed by atoms with Crippen LogP contribution in [0.5, 0.6) is 0 Å². The Labute approximate surface area is 119 Å². The maximum Gasteiger partial charge on any atom is 0.0701 e. The maximum atomic E-state index is 4.36. The second-order valence-corrected chi connectivity index (χ2v) is 4.62. The highest BCUT2D eigenvalue weighted by molar-refractivity contribution is 5.69. The Hall–Kier alpha value is -2.67. The third kappa shape index (κ3) is 2.52. The van der Waals surface area contributed by atoms with Gasteiger partial charge in [0.2, 0.25) is 0 Å². The normalized spacial score (nSPS) is 10.2. The number of hydrogen-bond donors (Lipinski definition) is 0. The fourth-order valence-corrected chi connectivity index (χ4v) is 2.18. The predicted molar refractivity (Wildman–Crippen MR) is 85.2 cm³/mol. The first-order valence-electron chi connectivity index (χ1n) is 6.61. The second-order valence-electron chi connectivity index (χ2n) is 4.62. The van der Waals surface area contributed by atoms with Crippen molar-refractivity contribution in [2.24, 2.45) is 0 Å². The molecule has 0 fully saturated rings. The van der Waals surface area contributed by atoms with Gasteiger partial charge in [-0.3, -0.25) is 4.98 Å². The van der Waals surface area contributed by atoms with E-state index in [1.54, 1.807) is 0 Å². The van der Waals surface area contributed by atoms with Crippen LogP contribution in [-0.2, 0) is 0 Å². The van der Waals surface area contributed by atoms with Crippen molar-refractivity contribution in [1.82, 2.24) is 4.98 Å². The van der Waals surface area contributed by atoms with Crippen LogP contribution in [-0.4, -0.2) is 4.98 Å². The summed E-state index contributed by atoms with van der Waals surface area (Å²) in [6.07, 6.45) is 3.67. The Morgan fingerprint density at radius 1 is 0.700 bits per heavy atom. The molecule has 1 heterocycles. The third-order valence-corrected chi connectivity index (χ3v) is 3.33. The Morgan fingerprint density at radius 3 is 1.85 bits per heavy atom. The Morgan fingerprint density at radius 2 is 1.30 bits per heavy atom. The highest BCUT2D eigenvalue weighted by Crippen LogP contribution is 2.24. The molecule has 0 N–H and O–H groups in total. The molecule has 0 saturated heterocycles. The van der Waals surface area contributed by atoms with Gasteiger partial charge in [-0.15, -0.1) is 0 Å². The lowest BCUT2D eigenvalue weighted by Crippen LogP contribution is -1.83. The molecule has 0 radical (unpaired) electrons. The van der Waals surface area contributed by atoms with E-state index in [9.17, 15) is 0 Å². The summed E-state index contributed by atoms with van der Waals surface area (Å²) in [5.74, 6) is 0. The molecule has 1 heteroatoms. The molecule has 0 amide bonds. The number of rotatable bonds is 3. The summed E-state index contributed by atoms with van der Waals surface area (Å²) < 4.78 is 0. The molecule has 96 valence electrons. The van der Waals surface area contributed by atoms with Gasteiger partial charge in [0, 0.05) is 11.8 Å². The summed E-state index contributed by atoms with van der Waals surface area (Å²) in [6, 6.07) is 22.8. The molecule has 0 unspecified atom stereocenters. The van der Waals surface area contributed by atoms with Crippen molar-refractivity contribution in [3.05, 3.63) is 85.1 Å². The number of aromatic nitrogens is 1. The summed E-state index contributed by atoms with van der Waals surface area (Å²) in [5, 5.41) is 0. The van der Waals surface area contributed by atoms with E-state index in [-0.39, 0.29) is 0 Å². The molecular weight excluding hydrogens is 242 g/mol. The minimum atomic E-state index is 1.00. The first-order chi connectivity index (χ1) is 9.86. The van der Waals surface area contributed by atoms with Crippen molar-refractivity contribution in [1.29, 1.82) is 0 Å². The molecule has 0 spiro atoms. The molecule has 0 saturated carbocycles. The molecular formula is C19H15N. The van der Waals surface area contributed by atoms with Crippen LogP contribution in [0.3, 0.4) is 0 Å². The van der Waals surface area contributed by atoms with Crippen molar-refractivity contribution in [2.75, 3.05) is 0 Å². The number of pyridine rings is 1. The van der Waals surface area contributed by atoms with E-state index in [0.717, 1.165) is 16.8 Å². The largest absolute Gasteiger partial charge is 0.256 e. The molecule has 1 nitrogen and oxygen atoms in total. The van der Waals surface area contributed by atoms with E-state index in [2.05, 4.69) is 60.1 Å². The zero-order valence-electron chi connectivity index (χ0n) is 11.2. The van der Waals surface area contributed by atoms with E-state index in [4.69, 9.17) is 0 Å². The van der Waals surface area contributed by atoms with Gasteiger partial charge in [-0.25, -0.2) is 0 Å². The predicted octanol–water partition coefficient (Wildman–Crippen LogP) is 5.06. The van der Waals surface area contributed by atoms with Gasteiger partial charge in [-0.05, 0) is 28.8 Å². The van der Waals surface area contributed by atoms with Gasteiger partial charge in [-0.2, -0.15) is 0 Å². The zero-order chi connectivity index (χ0) is 13.8. The monoisotopic (exact) mass is 257 g/mol. The molecule has 0 atom stereocenters. The van der Waals surface area contributed by atoms with Crippen molar-refractivity contribution in [3.8, 4) is 22.4 Å². The summed E-state index contributed by atoms with van der Waals surface area (Å²) in [7, 11) is 0. The van der Waals surface area contributed by atoms with Gasteiger partial charge in [-0.1, -0.05) is 67.3 Å². The zero-order valence-corrected chi connectivity index (χ0v) is 11.2. The highest BCUT2D eigenvalue weighted by Gasteiger charge is 2.00. The quantitative estimate of drug-likeness (QED) is 0.639. The van der Waals surface area contributed by atoms with Crippen LogP contribution in [0.1, 0.15) is 5.56 Å². The molecule has 2 aromatic carbocycles. The van der Waals surface area contributed by atoms with E-state index < -0.39 is 0 Å². The number of hydrogen-bond acceptors (Lipinski definition) is 1. The Bertz CT molecular complexity index is 695. The molecule has 3 rings (SSSR count).